The molecular weight excluding hydrogens is 179 g/mol. The predicted molar refractivity (Wildman–Crippen MR) is 42.1 cm³/mol. The lowest BCUT2D eigenvalue weighted by Crippen LogP contribution is -2.40. The van der Waals surface area contributed by atoms with Crippen LogP contribution < -0.4 is 5.32 Å². The smallest absolute Gasteiger partial charge is 0.405 e. The number of hydrogen-bond acceptors (Lipinski definition) is 2. The number of alkyl halides is 1. The molecule has 0 aromatic rings. The average molecular weight is 190 g/mol. The van der Waals surface area contributed by atoms with E-state index in [-0.39, 0.29) is 19.0 Å². The molecule has 13 heavy (non-hydrogen) atoms. The molecular formula is C7H11FN2O3. The molecule has 1 aliphatic rings. The molecule has 2 atom stereocenters. The van der Waals surface area contributed by atoms with Crippen LogP contribution in [-0.2, 0) is 4.79 Å². The van der Waals surface area contributed by atoms with Gasteiger partial charge in [0.2, 0.25) is 5.91 Å². The van der Waals surface area contributed by atoms with Gasteiger partial charge in [-0.2, -0.15) is 0 Å². The zero-order valence-corrected chi connectivity index (χ0v) is 7.16. The summed E-state index contributed by atoms with van der Waals surface area (Å²) in [5, 5.41) is 10.4. The molecule has 0 radical (unpaired) electrons. The van der Waals surface area contributed by atoms with Crippen molar-refractivity contribution in [1.29, 1.82) is 0 Å². The highest BCUT2D eigenvalue weighted by Gasteiger charge is 2.34. The van der Waals surface area contributed by atoms with Gasteiger partial charge < -0.3 is 15.3 Å². The van der Waals surface area contributed by atoms with Crippen molar-refractivity contribution >= 4 is 12.0 Å². The average Bonchev–Trinajstić information content (AvgIpc) is 2.31. The molecule has 0 unspecified atom stereocenters. The fourth-order valence-electron chi connectivity index (χ4n) is 1.32. The van der Waals surface area contributed by atoms with E-state index >= 15 is 0 Å². The lowest BCUT2D eigenvalue weighted by molar-refractivity contribution is -0.128. The number of likely N-dealkylation sites (tertiary alicyclic amines) is 1. The molecule has 0 saturated carbocycles. The first-order chi connectivity index (χ1) is 6.00. The first-order valence-corrected chi connectivity index (χ1v) is 3.89. The highest BCUT2D eigenvalue weighted by atomic mass is 19.1. The minimum absolute atomic E-state index is 0.0275. The lowest BCUT2D eigenvalue weighted by atomic mass is 10.2. The molecule has 1 aliphatic heterocycles. The van der Waals surface area contributed by atoms with E-state index in [1.165, 1.54) is 11.8 Å². The molecule has 0 aromatic carbocycles. The molecule has 0 aromatic heterocycles. The minimum atomic E-state index is -1.31. The van der Waals surface area contributed by atoms with Gasteiger partial charge in [0.25, 0.3) is 0 Å². The third-order valence-corrected chi connectivity index (χ3v) is 2.00. The predicted octanol–water partition coefficient (Wildman–Crippen LogP) is -0.177. The summed E-state index contributed by atoms with van der Waals surface area (Å²) in [4.78, 5) is 22.3. The summed E-state index contributed by atoms with van der Waals surface area (Å²) in [5.41, 5.74) is 0. The van der Waals surface area contributed by atoms with Crippen molar-refractivity contribution in [2.24, 2.45) is 0 Å². The van der Waals surface area contributed by atoms with E-state index < -0.39 is 18.3 Å². The Balaban J connectivity index is 2.51. The van der Waals surface area contributed by atoms with E-state index in [0.717, 1.165) is 0 Å². The summed E-state index contributed by atoms with van der Waals surface area (Å²) in [7, 11) is 0. The van der Waals surface area contributed by atoms with Crippen LogP contribution in [0.1, 0.15) is 6.92 Å². The van der Waals surface area contributed by atoms with E-state index in [2.05, 4.69) is 0 Å². The van der Waals surface area contributed by atoms with Crippen LogP contribution in [0.2, 0.25) is 0 Å². The Kier molecular flexibility index (Phi) is 2.69. The van der Waals surface area contributed by atoms with Crippen LogP contribution in [-0.4, -0.2) is 47.3 Å². The Morgan fingerprint density at radius 2 is 2.15 bits per heavy atom. The van der Waals surface area contributed by atoms with E-state index in [1.54, 1.807) is 0 Å². The Labute approximate surface area is 74.5 Å². The second-order valence-electron chi connectivity index (χ2n) is 3.00. The SMILES string of the molecule is CC(=O)N1C[C@H](NC(=O)O)[C@@H](F)C1. The summed E-state index contributed by atoms with van der Waals surface area (Å²) in [6.45, 7) is 1.42. The van der Waals surface area contributed by atoms with Crippen molar-refractivity contribution in [3.63, 3.8) is 0 Å². The van der Waals surface area contributed by atoms with Crippen molar-refractivity contribution in [3.05, 3.63) is 0 Å². The number of carbonyl (C=O) groups is 2. The Morgan fingerprint density at radius 1 is 1.54 bits per heavy atom. The number of halogens is 1. The van der Waals surface area contributed by atoms with Crippen molar-refractivity contribution < 1.29 is 19.1 Å². The van der Waals surface area contributed by atoms with Gasteiger partial charge in [-0.25, -0.2) is 9.18 Å². The van der Waals surface area contributed by atoms with Crippen molar-refractivity contribution in [3.8, 4) is 0 Å². The molecule has 6 heteroatoms. The van der Waals surface area contributed by atoms with Crippen LogP contribution in [0.4, 0.5) is 9.18 Å². The van der Waals surface area contributed by atoms with Crippen LogP contribution in [0.25, 0.3) is 0 Å². The van der Waals surface area contributed by atoms with Gasteiger partial charge in [-0.3, -0.25) is 4.79 Å². The highest BCUT2D eigenvalue weighted by molar-refractivity contribution is 5.74. The summed E-state index contributed by atoms with van der Waals surface area (Å²) in [5.74, 6) is -0.239. The van der Waals surface area contributed by atoms with Gasteiger partial charge in [0.1, 0.15) is 6.17 Å². The fraction of sp³-hybridized carbons (Fsp3) is 0.714. The molecule has 1 saturated heterocycles. The van der Waals surface area contributed by atoms with Crippen LogP contribution in [0, 0.1) is 0 Å². The standard InChI is InChI=1S/C7H11FN2O3/c1-4(11)10-2-5(8)6(3-10)9-7(12)13/h5-6,9H,2-3H2,1H3,(H,12,13)/t5-,6-/m0/s1. The molecule has 1 fully saturated rings. The van der Waals surface area contributed by atoms with E-state index in [1.807, 2.05) is 5.32 Å². The third kappa shape index (κ3) is 2.30. The number of nitrogens with zero attached hydrogens (tertiary/aromatic N) is 1. The molecule has 0 spiro atoms. The lowest BCUT2D eigenvalue weighted by Gasteiger charge is -2.12. The third-order valence-electron chi connectivity index (χ3n) is 2.00. The summed E-state index contributed by atoms with van der Waals surface area (Å²) < 4.78 is 13.0. The topological polar surface area (TPSA) is 69.6 Å². The fourth-order valence-corrected chi connectivity index (χ4v) is 1.32. The number of hydrogen-bond donors (Lipinski definition) is 2. The second-order valence-corrected chi connectivity index (χ2v) is 3.00. The zero-order chi connectivity index (χ0) is 10.0. The quantitative estimate of drug-likeness (QED) is 0.602. The van der Waals surface area contributed by atoms with Crippen molar-refractivity contribution in [2.75, 3.05) is 13.1 Å². The minimum Gasteiger partial charge on any atom is -0.465 e. The Hall–Kier alpha value is -1.33. The van der Waals surface area contributed by atoms with E-state index in [9.17, 15) is 14.0 Å². The van der Waals surface area contributed by atoms with E-state index in [0.29, 0.717) is 0 Å². The highest BCUT2D eigenvalue weighted by Crippen LogP contribution is 2.13. The monoisotopic (exact) mass is 190 g/mol. The number of carbonyl (C=O) groups excluding carboxylic acids is 1. The maximum atomic E-state index is 13.0. The molecule has 0 aliphatic carbocycles. The van der Waals surface area contributed by atoms with Crippen molar-refractivity contribution in [2.45, 2.75) is 19.1 Å². The number of nitrogens with one attached hydrogen (secondary N) is 1. The van der Waals surface area contributed by atoms with Gasteiger partial charge in [0.15, 0.2) is 0 Å². The van der Waals surface area contributed by atoms with Gasteiger partial charge in [0, 0.05) is 13.5 Å². The van der Waals surface area contributed by atoms with Gasteiger partial charge in [-0.1, -0.05) is 0 Å². The Morgan fingerprint density at radius 3 is 2.54 bits per heavy atom. The second kappa shape index (κ2) is 3.59. The largest absolute Gasteiger partial charge is 0.465 e. The van der Waals surface area contributed by atoms with Gasteiger partial charge >= 0.3 is 6.09 Å². The van der Waals surface area contributed by atoms with Crippen LogP contribution in [0.3, 0.4) is 0 Å². The van der Waals surface area contributed by atoms with E-state index in [4.69, 9.17) is 5.11 Å². The maximum Gasteiger partial charge on any atom is 0.405 e. The normalized spacial score (nSPS) is 27.4. The number of carboxylic acid groups (broad SMARTS) is 1. The van der Waals surface area contributed by atoms with Crippen molar-refractivity contribution in [1.82, 2.24) is 10.2 Å². The summed E-state index contributed by atoms with van der Waals surface area (Å²) in [6.07, 6.45) is -2.57. The molecule has 74 valence electrons. The molecule has 2 N–H and O–H groups in total. The van der Waals surface area contributed by atoms with Crippen LogP contribution in [0.5, 0.6) is 0 Å². The number of amides is 2. The van der Waals surface area contributed by atoms with Crippen LogP contribution >= 0.6 is 0 Å². The van der Waals surface area contributed by atoms with Crippen LogP contribution in [0.15, 0.2) is 0 Å². The maximum absolute atomic E-state index is 13.0. The molecule has 5 nitrogen and oxygen atoms in total. The molecule has 1 heterocycles. The van der Waals surface area contributed by atoms with Gasteiger partial charge in [-0.05, 0) is 0 Å². The first kappa shape index (κ1) is 9.76. The number of rotatable bonds is 1. The summed E-state index contributed by atoms with van der Waals surface area (Å²) >= 11 is 0. The zero-order valence-electron chi connectivity index (χ0n) is 7.16. The molecule has 2 amide bonds. The molecule has 1 rings (SSSR count). The first-order valence-electron chi connectivity index (χ1n) is 3.89. The Bertz CT molecular complexity index is 234. The van der Waals surface area contributed by atoms with Gasteiger partial charge in [0.05, 0.1) is 12.6 Å². The van der Waals surface area contributed by atoms with Gasteiger partial charge in [-0.15, -0.1) is 0 Å². The summed E-state index contributed by atoms with van der Waals surface area (Å²) in [6, 6.07) is -0.790. The molecule has 0 bridgehead atoms.